The molecule has 0 aromatic heterocycles. The SMILES string of the molecule is CCC(C)ON1C(C)(C)CC(O)CC1(C)C. The zero-order valence-electron chi connectivity index (χ0n) is 11.6. The van der Waals surface area contributed by atoms with Gasteiger partial charge in [0.2, 0.25) is 0 Å². The van der Waals surface area contributed by atoms with Crippen molar-refractivity contribution in [2.45, 2.75) is 84.1 Å². The first kappa shape index (κ1) is 13.9. The Balaban J connectivity index is 2.84. The number of hydrogen-bond donors (Lipinski definition) is 1. The van der Waals surface area contributed by atoms with Crippen molar-refractivity contribution < 1.29 is 9.94 Å². The van der Waals surface area contributed by atoms with Crippen LogP contribution in [0.3, 0.4) is 0 Å². The topological polar surface area (TPSA) is 32.7 Å². The van der Waals surface area contributed by atoms with E-state index in [2.05, 4.69) is 46.6 Å². The van der Waals surface area contributed by atoms with Gasteiger partial charge >= 0.3 is 0 Å². The number of hydrogen-bond acceptors (Lipinski definition) is 3. The van der Waals surface area contributed by atoms with Gasteiger partial charge in [0.25, 0.3) is 0 Å². The van der Waals surface area contributed by atoms with Crippen molar-refractivity contribution in [3.8, 4) is 0 Å². The van der Waals surface area contributed by atoms with Crippen molar-refractivity contribution in [3.05, 3.63) is 0 Å². The normalized spacial score (nSPS) is 27.9. The molecule has 3 nitrogen and oxygen atoms in total. The van der Waals surface area contributed by atoms with Crippen LogP contribution in [0.25, 0.3) is 0 Å². The molecule has 0 radical (unpaired) electrons. The fraction of sp³-hybridized carbons (Fsp3) is 1.00. The molecule has 96 valence electrons. The van der Waals surface area contributed by atoms with Gasteiger partial charge in [0.05, 0.1) is 12.2 Å². The number of aliphatic hydroxyl groups excluding tert-OH is 1. The molecule has 0 amide bonds. The lowest BCUT2D eigenvalue weighted by molar-refractivity contribution is -0.311. The van der Waals surface area contributed by atoms with Gasteiger partial charge in [0, 0.05) is 11.1 Å². The van der Waals surface area contributed by atoms with Crippen LogP contribution in [0.4, 0.5) is 0 Å². The average Bonchev–Trinajstić information content (AvgIpc) is 2.08. The van der Waals surface area contributed by atoms with E-state index in [9.17, 15) is 5.11 Å². The summed E-state index contributed by atoms with van der Waals surface area (Å²) < 4.78 is 0. The molecular weight excluding hydrogens is 202 g/mol. The molecule has 1 heterocycles. The highest BCUT2D eigenvalue weighted by Gasteiger charge is 2.46. The van der Waals surface area contributed by atoms with Gasteiger partial charge in [-0.3, -0.25) is 4.84 Å². The first-order valence-corrected chi connectivity index (χ1v) is 6.34. The number of aliphatic hydroxyl groups is 1. The Hall–Kier alpha value is -0.120. The van der Waals surface area contributed by atoms with Crippen molar-refractivity contribution in [2.24, 2.45) is 0 Å². The maximum absolute atomic E-state index is 9.91. The van der Waals surface area contributed by atoms with E-state index in [1.807, 2.05) is 0 Å². The minimum Gasteiger partial charge on any atom is -0.393 e. The van der Waals surface area contributed by atoms with Gasteiger partial charge in [-0.15, -0.1) is 0 Å². The molecule has 1 atom stereocenters. The number of hydroxylamine groups is 2. The lowest BCUT2D eigenvalue weighted by atomic mass is 9.80. The highest BCUT2D eigenvalue weighted by molar-refractivity contribution is 4.96. The van der Waals surface area contributed by atoms with Crippen molar-refractivity contribution in [1.29, 1.82) is 0 Å². The highest BCUT2D eigenvalue weighted by atomic mass is 16.7. The molecular formula is C13H27NO2. The van der Waals surface area contributed by atoms with Crippen LogP contribution in [0.15, 0.2) is 0 Å². The van der Waals surface area contributed by atoms with Crippen LogP contribution in [0.2, 0.25) is 0 Å². The summed E-state index contributed by atoms with van der Waals surface area (Å²) in [5, 5.41) is 12.0. The molecule has 1 rings (SSSR count). The van der Waals surface area contributed by atoms with E-state index in [-0.39, 0.29) is 23.3 Å². The van der Waals surface area contributed by atoms with Crippen molar-refractivity contribution in [2.75, 3.05) is 0 Å². The van der Waals surface area contributed by atoms with E-state index in [0.29, 0.717) is 0 Å². The van der Waals surface area contributed by atoms with Gasteiger partial charge in [-0.2, -0.15) is 5.06 Å². The zero-order chi connectivity index (χ0) is 12.6. The van der Waals surface area contributed by atoms with E-state index in [4.69, 9.17) is 4.84 Å². The van der Waals surface area contributed by atoms with E-state index in [0.717, 1.165) is 19.3 Å². The molecule has 3 heteroatoms. The molecule has 0 bridgehead atoms. The lowest BCUT2D eigenvalue weighted by Gasteiger charge is -2.53. The molecule has 0 saturated carbocycles. The fourth-order valence-corrected chi connectivity index (χ4v) is 2.75. The van der Waals surface area contributed by atoms with Gasteiger partial charge in [0.15, 0.2) is 0 Å². The molecule has 0 aromatic rings. The summed E-state index contributed by atoms with van der Waals surface area (Å²) >= 11 is 0. The molecule has 1 N–H and O–H groups in total. The van der Waals surface area contributed by atoms with E-state index in [1.54, 1.807) is 0 Å². The summed E-state index contributed by atoms with van der Waals surface area (Å²) in [6, 6.07) is 0. The van der Waals surface area contributed by atoms with Crippen LogP contribution < -0.4 is 0 Å². The molecule has 0 spiro atoms. The Morgan fingerprint density at radius 1 is 1.25 bits per heavy atom. The van der Waals surface area contributed by atoms with Crippen LogP contribution in [-0.2, 0) is 4.84 Å². The number of piperidine rings is 1. The van der Waals surface area contributed by atoms with Crippen molar-refractivity contribution in [3.63, 3.8) is 0 Å². The lowest BCUT2D eigenvalue weighted by Crippen LogP contribution is -2.62. The third-order valence-electron chi connectivity index (χ3n) is 3.43. The van der Waals surface area contributed by atoms with Gasteiger partial charge in [-0.1, -0.05) is 6.92 Å². The summed E-state index contributed by atoms with van der Waals surface area (Å²) in [5.41, 5.74) is -0.213. The smallest absolute Gasteiger partial charge is 0.0763 e. The quantitative estimate of drug-likeness (QED) is 0.807. The molecule has 0 aliphatic carbocycles. The second-order valence-electron chi connectivity index (χ2n) is 6.31. The Bertz CT molecular complexity index is 220. The Morgan fingerprint density at radius 2 is 1.69 bits per heavy atom. The highest BCUT2D eigenvalue weighted by Crippen LogP contribution is 2.39. The maximum atomic E-state index is 9.91. The van der Waals surface area contributed by atoms with Crippen molar-refractivity contribution >= 4 is 0 Å². The second kappa shape index (κ2) is 4.63. The maximum Gasteiger partial charge on any atom is 0.0763 e. The van der Waals surface area contributed by atoms with Gasteiger partial charge < -0.3 is 5.11 Å². The number of rotatable bonds is 3. The van der Waals surface area contributed by atoms with Gasteiger partial charge in [0.1, 0.15) is 0 Å². The molecule has 1 aliphatic rings. The summed E-state index contributed by atoms with van der Waals surface area (Å²) in [4.78, 5) is 6.04. The van der Waals surface area contributed by atoms with Crippen LogP contribution in [0.5, 0.6) is 0 Å². The van der Waals surface area contributed by atoms with Crippen LogP contribution in [0.1, 0.15) is 60.8 Å². The van der Waals surface area contributed by atoms with E-state index < -0.39 is 0 Å². The predicted molar refractivity (Wildman–Crippen MR) is 66.1 cm³/mol. The molecule has 16 heavy (non-hydrogen) atoms. The summed E-state index contributed by atoms with van der Waals surface area (Å²) in [6.45, 7) is 12.8. The third-order valence-corrected chi connectivity index (χ3v) is 3.43. The zero-order valence-corrected chi connectivity index (χ0v) is 11.6. The van der Waals surface area contributed by atoms with Crippen LogP contribution in [0, 0.1) is 0 Å². The minimum absolute atomic E-state index is 0.107. The standard InChI is InChI=1S/C13H27NO2/c1-7-10(2)16-14-12(3,4)8-11(15)9-13(14,5)6/h10-11,15H,7-9H2,1-6H3. The molecule has 0 aromatic carbocycles. The van der Waals surface area contributed by atoms with Gasteiger partial charge in [-0.25, -0.2) is 0 Å². The predicted octanol–water partition coefficient (Wildman–Crippen LogP) is 2.73. The molecule has 1 fully saturated rings. The molecule has 1 unspecified atom stereocenters. The number of nitrogens with zero attached hydrogens (tertiary/aromatic N) is 1. The molecule has 1 saturated heterocycles. The second-order valence-corrected chi connectivity index (χ2v) is 6.31. The van der Waals surface area contributed by atoms with E-state index in [1.165, 1.54) is 0 Å². The van der Waals surface area contributed by atoms with Crippen molar-refractivity contribution in [1.82, 2.24) is 5.06 Å². The first-order chi connectivity index (χ1) is 7.19. The Kier molecular flexibility index (Phi) is 4.04. The Morgan fingerprint density at radius 3 is 2.06 bits per heavy atom. The summed E-state index contributed by atoms with van der Waals surface area (Å²) in [7, 11) is 0. The van der Waals surface area contributed by atoms with E-state index >= 15 is 0 Å². The van der Waals surface area contributed by atoms with Crippen LogP contribution in [-0.4, -0.2) is 33.5 Å². The first-order valence-electron chi connectivity index (χ1n) is 6.34. The third kappa shape index (κ3) is 2.96. The minimum atomic E-state index is -0.221. The summed E-state index contributed by atoms with van der Waals surface area (Å²) in [6.07, 6.45) is 2.56. The van der Waals surface area contributed by atoms with Crippen LogP contribution >= 0.6 is 0 Å². The summed E-state index contributed by atoms with van der Waals surface area (Å²) in [5.74, 6) is 0. The largest absolute Gasteiger partial charge is 0.393 e. The Labute approximate surface area is 99.7 Å². The monoisotopic (exact) mass is 229 g/mol. The fourth-order valence-electron chi connectivity index (χ4n) is 2.75. The molecule has 1 aliphatic heterocycles. The average molecular weight is 229 g/mol. The van der Waals surface area contributed by atoms with Gasteiger partial charge in [-0.05, 0) is 53.9 Å².